The summed E-state index contributed by atoms with van der Waals surface area (Å²) in [6.07, 6.45) is 0.595. The average Bonchev–Trinajstić information content (AvgIpc) is 2.92. The van der Waals surface area contributed by atoms with Gasteiger partial charge in [-0.3, -0.25) is 9.59 Å². The van der Waals surface area contributed by atoms with Crippen LogP contribution in [0.25, 0.3) is 0 Å². The summed E-state index contributed by atoms with van der Waals surface area (Å²) in [5, 5.41) is 3.35. The van der Waals surface area contributed by atoms with E-state index in [0.29, 0.717) is 45.8 Å². The van der Waals surface area contributed by atoms with Gasteiger partial charge in [-0.1, -0.05) is 17.7 Å². The maximum Gasteiger partial charge on any atom is 0.229 e. The van der Waals surface area contributed by atoms with E-state index in [9.17, 15) is 9.59 Å². The fourth-order valence-electron chi connectivity index (χ4n) is 4.61. The quantitative estimate of drug-likeness (QED) is 0.419. The predicted octanol–water partition coefficient (Wildman–Crippen LogP) is 5.50. The second-order valence-electron chi connectivity index (χ2n) is 8.50. The third kappa shape index (κ3) is 5.44. The number of methoxy groups -OCH3 is 4. The Morgan fingerprint density at radius 2 is 1.54 bits per heavy atom. The number of amides is 2. The van der Waals surface area contributed by atoms with Gasteiger partial charge >= 0.3 is 0 Å². The molecule has 2 atom stereocenters. The molecule has 8 nitrogen and oxygen atoms in total. The van der Waals surface area contributed by atoms with Gasteiger partial charge < -0.3 is 29.2 Å². The summed E-state index contributed by atoms with van der Waals surface area (Å²) in [5.41, 5.74) is 1.94. The van der Waals surface area contributed by atoms with Crippen LogP contribution in [0, 0.1) is 5.92 Å². The summed E-state index contributed by atoms with van der Waals surface area (Å²) >= 11 is 6.27. The molecule has 1 saturated heterocycles. The van der Waals surface area contributed by atoms with Crippen LogP contribution in [0.5, 0.6) is 23.0 Å². The zero-order valence-corrected chi connectivity index (χ0v) is 21.9. The normalized spacial score (nSPS) is 17.2. The molecule has 194 valence electrons. The summed E-state index contributed by atoms with van der Waals surface area (Å²) in [6, 6.07) is 17.1. The summed E-state index contributed by atoms with van der Waals surface area (Å²) in [5.74, 6) is 1.37. The Bertz CT molecular complexity index is 1280. The monoisotopic (exact) mass is 524 g/mol. The highest BCUT2D eigenvalue weighted by Crippen LogP contribution is 2.43. The van der Waals surface area contributed by atoms with Gasteiger partial charge in [0.15, 0.2) is 11.5 Å². The van der Waals surface area contributed by atoms with Crippen LogP contribution in [0.2, 0.25) is 5.02 Å². The third-order valence-corrected chi connectivity index (χ3v) is 6.75. The second-order valence-corrected chi connectivity index (χ2v) is 8.91. The molecule has 1 aliphatic rings. The molecule has 1 N–H and O–H groups in total. The lowest BCUT2D eigenvalue weighted by molar-refractivity contribution is -0.125. The number of ether oxygens (including phenoxy) is 4. The third-order valence-electron chi connectivity index (χ3n) is 6.45. The molecule has 0 aromatic heterocycles. The number of hydrogen-bond acceptors (Lipinski definition) is 6. The first-order valence-corrected chi connectivity index (χ1v) is 12.1. The Kier molecular flexibility index (Phi) is 8.08. The Hall–Kier alpha value is -3.91. The molecule has 0 saturated carbocycles. The molecule has 3 aromatic carbocycles. The van der Waals surface area contributed by atoms with Crippen LogP contribution in [-0.4, -0.2) is 40.3 Å². The van der Waals surface area contributed by atoms with Gasteiger partial charge in [0.05, 0.1) is 45.4 Å². The Labute approximate surface area is 221 Å². The lowest BCUT2D eigenvalue weighted by Gasteiger charge is -2.41. The zero-order valence-electron chi connectivity index (χ0n) is 21.1. The molecular weight excluding hydrogens is 496 g/mol. The Morgan fingerprint density at radius 1 is 0.865 bits per heavy atom. The molecule has 4 rings (SSSR count). The smallest absolute Gasteiger partial charge is 0.229 e. The van der Waals surface area contributed by atoms with Crippen LogP contribution in [0.4, 0.5) is 11.4 Å². The largest absolute Gasteiger partial charge is 0.497 e. The van der Waals surface area contributed by atoms with Crippen molar-refractivity contribution in [2.75, 3.05) is 38.7 Å². The van der Waals surface area contributed by atoms with Crippen molar-refractivity contribution in [2.45, 2.75) is 18.9 Å². The number of nitrogens with one attached hydrogen (secondary N) is 1. The van der Waals surface area contributed by atoms with Gasteiger partial charge in [-0.2, -0.15) is 0 Å². The van der Waals surface area contributed by atoms with Crippen molar-refractivity contribution in [3.63, 3.8) is 0 Å². The molecule has 1 heterocycles. The number of hydrogen-bond donors (Lipinski definition) is 1. The fraction of sp³-hybridized carbons (Fsp3) is 0.286. The van der Waals surface area contributed by atoms with E-state index in [0.717, 1.165) is 5.56 Å². The number of nitrogens with zero attached hydrogens (tertiary/aromatic N) is 1. The van der Waals surface area contributed by atoms with Crippen LogP contribution in [-0.2, 0) is 9.59 Å². The topological polar surface area (TPSA) is 86.3 Å². The van der Waals surface area contributed by atoms with E-state index in [-0.39, 0.29) is 18.2 Å². The number of benzene rings is 3. The van der Waals surface area contributed by atoms with E-state index in [4.69, 9.17) is 30.5 Å². The van der Waals surface area contributed by atoms with Crippen LogP contribution < -0.4 is 29.2 Å². The van der Waals surface area contributed by atoms with Gasteiger partial charge in [0, 0.05) is 17.8 Å². The highest BCUT2D eigenvalue weighted by Gasteiger charge is 2.42. The Balaban J connectivity index is 1.76. The predicted molar refractivity (Wildman–Crippen MR) is 142 cm³/mol. The number of halogens is 1. The molecule has 0 aliphatic carbocycles. The van der Waals surface area contributed by atoms with Gasteiger partial charge in [-0.15, -0.1) is 0 Å². The molecule has 1 aliphatic heterocycles. The van der Waals surface area contributed by atoms with Crippen LogP contribution in [0.3, 0.4) is 0 Å². The van der Waals surface area contributed by atoms with Crippen molar-refractivity contribution in [1.82, 2.24) is 0 Å². The molecule has 1 fully saturated rings. The van der Waals surface area contributed by atoms with E-state index < -0.39 is 12.0 Å². The van der Waals surface area contributed by atoms with Crippen LogP contribution in [0.1, 0.15) is 24.4 Å². The molecule has 37 heavy (non-hydrogen) atoms. The summed E-state index contributed by atoms with van der Waals surface area (Å²) in [6.45, 7) is 0. The van der Waals surface area contributed by atoms with E-state index in [1.165, 1.54) is 7.11 Å². The highest BCUT2D eigenvalue weighted by atomic mass is 35.5. The summed E-state index contributed by atoms with van der Waals surface area (Å²) in [7, 11) is 6.22. The molecule has 0 spiro atoms. The molecular formula is C28H29ClN2O6. The summed E-state index contributed by atoms with van der Waals surface area (Å²) < 4.78 is 21.4. The molecule has 0 bridgehead atoms. The minimum atomic E-state index is -0.594. The lowest BCUT2D eigenvalue weighted by atomic mass is 9.83. The molecule has 3 aromatic rings. The van der Waals surface area contributed by atoms with Crippen molar-refractivity contribution in [1.29, 1.82) is 0 Å². The lowest BCUT2D eigenvalue weighted by Crippen LogP contribution is -2.47. The van der Waals surface area contributed by atoms with Crippen molar-refractivity contribution < 1.29 is 28.5 Å². The van der Waals surface area contributed by atoms with Gasteiger partial charge in [0.1, 0.15) is 11.5 Å². The second kappa shape index (κ2) is 11.4. The number of carbonyl (C=O) groups is 2. The first kappa shape index (κ1) is 26.2. The van der Waals surface area contributed by atoms with Crippen molar-refractivity contribution in [2.24, 2.45) is 5.92 Å². The van der Waals surface area contributed by atoms with Gasteiger partial charge in [-0.05, 0) is 66.6 Å². The van der Waals surface area contributed by atoms with Crippen LogP contribution in [0.15, 0.2) is 60.7 Å². The summed E-state index contributed by atoms with van der Waals surface area (Å²) in [4.78, 5) is 28.7. The SMILES string of the molecule is COc1ccc(N2C(=O)CC[C@@H](C(=O)Nc3ccc(OC)c(Cl)c3)[C@@H]2c2ccc(OC)c(OC)c2)cc1. The number of anilines is 2. The van der Waals surface area contributed by atoms with Crippen molar-refractivity contribution in [3.05, 3.63) is 71.2 Å². The van der Waals surface area contributed by atoms with E-state index in [1.54, 1.807) is 62.6 Å². The van der Waals surface area contributed by atoms with Gasteiger partial charge in [-0.25, -0.2) is 0 Å². The molecule has 0 unspecified atom stereocenters. The highest BCUT2D eigenvalue weighted by molar-refractivity contribution is 6.32. The zero-order chi connectivity index (χ0) is 26.5. The van der Waals surface area contributed by atoms with Crippen molar-refractivity contribution >= 4 is 34.8 Å². The first-order chi connectivity index (χ1) is 17.9. The van der Waals surface area contributed by atoms with Crippen molar-refractivity contribution in [3.8, 4) is 23.0 Å². The minimum Gasteiger partial charge on any atom is -0.497 e. The van der Waals surface area contributed by atoms with Gasteiger partial charge in [0.2, 0.25) is 11.8 Å². The standard InChI is InChI=1S/C28H29ClN2O6/c1-34-20-9-7-19(8-10-20)31-26(32)14-11-21(27(31)17-5-12-24(36-3)25(15-17)37-4)28(33)30-18-6-13-23(35-2)22(29)16-18/h5-10,12-13,15-16,21,27H,11,14H2,1-4H3,(H,30,33)/t21-,27+/m1/s1. The molecule has 0 radical (unpaired) electrons. The number of piperidine rings is 1. The number of rotatable bonds is 8. The number of carbonyl (C=O) groups excluding carboxylic acids is 2. The first-order valence-electron chi connectivity index (χ1n) is 11.7. The fourth-order valence-corrected chi connectivity index (χ4v) is 4.87. The van der Waals surface area contributed by atoms with E-state index in [1.807, 2.05) is 24.3 Å². The van der Waals surface area contributed by atoms with Gasteiger partial charge in [0.25, 0.3) is 0 Å². The minimum absolute atomic E-state index is 0.0820. The molecule has 2 amide bonds. The average molecular weight is 525 g/mol. The molecule has 9 heteroatoms. The van der Waals surface area contributed by atoms with E-state index >= 15 is 0 Å². The van der Waals surface area contributed by atoms with E-state index in [2.05, 4.69) is 5.32 Å². The Morgan fingerprint density at radius 3 is 2.16 bits per heavy atom. The maximum atomic E-state index is 13.7. The maximum absolute atomic E-state index is 13.7. The van der Waals surface area contributed by atoms with Crippen LogP contribution >= 0.6 is 11.6 Å².